The van der Waals surface area contributed by atoms with Crippen LogP contribution < -0.4 is 5.43 Å². The summed E-state index contributed by atoms with van der Waals surface area (Å²) >= 11 is 0. The van der Waals surface area contributed by atoms with E-state index in [2.05, 4.69) is 21.3 Å². The Kier molecular flexibility index (Phi) is 2.71. The summed E-state index contributed by atoms with van der Waals surface area (Å²) < 4.78 is 5.30. The van der Waals surface area contributed by atoms with Gasteiger partial charge in [0.25, 0.3) is 0 Å². The fraction of sp³-hybridized carbons (Fsp3) is 0.417. The lowest BCUT2D eigenvalue weighted by atomic mass is 10.0. The van der Waals surface area contributed by atoms with Crippen molar-refractivity contribution >= 4 is 16.9 Å². The molecule has 0 saturated carbocycles. The maximum Gasteiger partial charge on any atom is 0.211 e. The van der Waals surface area contributed by atoms with E-state index in [0.29, 0.717) is 11.2 Å². The van der Waals surface area contributed by atoms with Crippen molar-refractivity contribution in [1.29, 1.82) is 0 Å². The molecule has 0 saturated heterocycles. The van der Waals surface area contributed by atoms with E-state index in [9.17, 15) is 4.79 Å². The Hall–Kier alpha value is -1.95. The van der Waals surface area contributed by atoms with Gasteiger partial charge in [0.2, 0.25) is 5.43 Å². The van der Waals surface area contributed by atoms with Gasteiger partial charge >= 0.3 is 0 Å². The van der Waals surface area contributed by atoms with Crippen molar-refractivity contribution in [2.75, 3.05) is 7.11 Å². The third-order valence-corrected chi connectivity index (χ3v) is 3.23. The standard InChI is InChI=1S/C12H14N4O2/c1-18-9-4-2-8(3-5-9)16-14-11-10(17)6-7-13-12(11)15-16/h2,6-7,9H,3-5H2,1H3,(H,13,15). The average molecular weight is 246 g/mol. The lowest BCUT2D eigenvalue weighted by Gasteiger charge is -2.19. The topological polar surface area (TPSA) is 72.8 Å². The van der Waals surface area contributed by atoms with E-state index in [1.165, 1.54) is 6.07 Å². The zero-order valence-corrected chi connectivity index (χ0v) is 10.1. The van der Waals surface area contributed by atoms with E-state index in [4.69, 9.17) is 4.74 Å². The summed E-state index contributed by atoms with van der Waals surface area (Å²) in [4.78, 5) is 16.1. The highest BCUT2D eigenvalue weighted by Gasteiger charge is 2.17. The smallest absolute Gasteiger partial charge is 0.211 e. The van der Waals surface area contributed by atoms with Crippen molar-refractivity contribution in [3.63, 3.8) is 0 Å². The lowest BCUT2D eigenvalue weighted by Crippen LogP contribution is -2.16. The first-order chi connectivity index (χ1) is 8.78. The van der Waals surface area contributed by atoms with Crippen molar-refractivity contribution in [3.8, 4) is 0 Å². The molecule has 0 aliphatic heterocycles. The molecule has 3 rings (SSSR count). The predicted molar refractivity (Wildman–Crippen MR) is 67.1 cm³/mol. The minimum absolute atomic E-state index is 0.110. The Bertz CT molecular complexity index is 655. The first-order valence-corrected chi connectivity index (χ1v) is 5.95. The van der Waals surface area contributed by atoms with Crippen LogP contribution in [0.5, 0.6) is 0 Å². The molecule has 94 valence electrons. The Morgan fingerprint density at radius 3 is 3.06 bits per heavy atom. The third-order valence-electron chi connectivity index (χ3n) is 3.23. The third kappa shape index (κ3) is 1.84. The van der Waals surface area contributed by atoms with Crippen molar-refractivity contribution in [3.05, 3.63) is 28.6 Å². The van der Waals surface area contributed by atoms with E-state index < -0.39 is 0 Å². The number of fused-ring (bicyclic) bond motifs is 1. The molecule has 2 aromatic heterocycles. The Morgan fingerprint density at radius 1 is 1.50 bits per heavy atom. The van der Waals surface area contributed by atoms with Gasteiger partial charge in [0, 0.05) is 19.4 Å². The van der Waals surface area contributed by atoms with Crippen molar-refractivity contribution in [2.24, 2.45) is 0 Å². The van der Waals surface area contributed by atoms with Gasteiger partial charge in [-0.15, -0.1) is 10.2 Å². The molecule has 0 amide bonds. The summed E-state index contributed by atoms with van der Waals surface area (Å²) in [5.74, 6) is 0. The molecule has 0 radical (unpaired) electrons. The average Bonchev–Trinajstić information content (AvgIpc) is 2.84. The first kappa shape index (κ1) is 11.2. The van der Waals surface area contributed by atoms with Crippen molar-refractivity contribution in [1.82, 2.24) is 20.0 Å². The fourth-order valence-corrected chi connectivity index (χ4v) is 2.17. The van der Waals surface area contributed by atoms with Crippen LogP contribution in [0, 0.1) is 0 Å². The van der Waals surface area contributed by atoms with Crippen molar-refractivity contribution in [2.45, 2.75) is 25.4 Å². The predicted octanol–water partition coefficient (Wildman–Crippen LogP) is 1.16. The molecule has 0 fully saturated rings. The lowest BCUT2D eigenvalue weighted by molar-refractivity contribution is 0.0956. The van der Waals surface area contributed by atoms with E-state index in [1.54, 1.807) is 18.1 Å². The summed E-state index contributed by atoms with van der Waals surface area (Å²) in [6.45, 7) is 0. The van der Waals surface area contributed by atoms with Crippen LogP contribution >= 0.6 is 0 Å². The van der Waals surface area contributed by atoms with Crippen molar-refractivity contribution < 1.29 is 4.74 Å². The van der Waals surface area contributed by atoms with Crippen LogP contribution in [0.3, 0.4) is 0 Å². The number of nitrogens with zero attached hydrogens (tertiary/aromatic N) is 3. The molecule has 0 spiro atoms. The number of pyridine rings is 1. The summed E-state index contributed by atoms with van der Waals surface area (Å²) in [5.41, 5.74) is 1.82. The summed E-state index contributed by atoms with van der Waals surface area (Å²) in [5, 5.41) is 8.53. The minimum Gasteiger partial charge on any atom is -0.381 e. The van der Waals surface area contributed by atoms with E-state index in [-0.39, 0.29) is 11.5 Å². The van der Waals surface area contributed by atoms with E-state index >= 15 is 0 Å². The van der Waals surface area contributed by atoms with Crippen LogP contribution in [-0.4, -0.2) is 33.2 Å². The normalized spacial score (nSPS) is 20.1. The number of aromatic amines is 1. The Balaban J connectivity index is 1.98. The number of allylic oxidation sites excluding steroid dienone is 1. The van der Waals surface area contributed by atoms with E-state index in [0.717, 1.165) is 25.0 Å². The highest BCUT2D eigenvalue weighted by atomic mass is 16.5. The van der Waals surface area contributed by atoms with Gasteiger partial charge in [-0.2, -0.15) is 4.80 Å². The summed E-state index contributed by atoms with van der Waals surface area (Å²) in [7, 11) is 1.72. The van der Waals surface area contributed by atoms with Gasteiger partial charge in [0.1, 0.15) is 0 Å². The maximum absolute atomic E-state index is 11.6. The number of H-pyrrole nitrogens is 1. The molecule has 18 heavy (non-hydrogen) atoms. The molecular formula is C12H14N4O2. The van der Waals surface area contributed by atoms with Gasteiger partial charge in [-0.25, -0.2) is 0 Å². The second-order valence-electron chi connectivity index (χ2n) is 4.36. The van der Waals surface area contributed by atoms with E-state index in [1.807, 2.05) is 0 Å². The first-order valence-electron chi connectivity index (χ1n) is 5.95. The molecule has 1 aliphatic carbocycles. The molecule has 1 atom stereocenters. The zero-order chi connectivity index (χ0) is 12.5. The zero-order valence-electron chi connectivity index (χ0n) is 10.1. The van der Waals surface area contributed by atoms with Gasteiger partial charge in [-0.1, -0.05) is 6.08 Å². The number of hydrogen-bond acceptors (Lipinski definition) is 4. The van der Waals surface area contributed by atoms with Gasteiger partial charge in [-0.05, 0) is 19.3 Å². The van der Waals surface area contributed by atoms with Gasteiger partial charge in [0.05, 0.1) is 11.8 Å². The highest BCUT2D eigenvalue weighted by molar-refractivity contribution is 5.69. The molecule has 2 heterocycles. The quantitative estimate of drug-likeness (QED) is 0.863. The molecule has 6 nitrogen and oxygen atoms in total. The Labute approximate surface area is 103 Å². The second-order valence-corrected chi connectivity index (χ2v) is 4.36. The largest absolute Gasteiger partial charge is 0.381 e. The van der Waals surface area contributed by atoms with Gasteiger partial charge in [-0.3, -0.25) is 4.79 Å². The van der Waals surface area contributed by atoms with Crippen LogP contribution in [-0.2, 0) is 4.74 Å². The molecule has 1 aliphatic rings. The van der Waals surface area contributed by atoms with Crippen LogP contribution in [0.4, 0.5) is 0 Å². The Morgan fingerprint density at radius 2 is 2.39 bits per heavy atom. The second kappa shape index (κ2) is 4.38. The molecule has 1 unspecified atom stereocenters. The fourth-order valence-electron chi connectivity index (χ4n) is 2.17. The van der Waals surface area contributed by atoms with Crippen LogP contribution in [0.15, 0.2) is 23.1 Å². The summed E-state index contributed by atoms with van der Waals surface area (Å²) in [6, 6.07) is 1.46. The SMILES string of the molecule is COC1CC=C(n2nc3[nH]ccc(=O)c3n2)CC1. The maximum atomic E-state index is 11.6. The number of hydrogen-bond donors (Lipinski definition) is 1. The molecule has 6 heteroatoms. The molecule has 2 aromatic rings. The van der Waals surface area contributed by atoms with Crippen LogP contribution in [0.2, 0.25) is 0 Å². The van der Waals surface area contributed by atoms with Crippen LogP contribution in [0.1, 0.15) is 19.3 Å². The minimum atomic E-state index is -0.110. The highest BCUT2D eigenvalue weighted by Crippen LogP contribution is 2.22. The number of nitrogens with one attached hydrogen (secondary N) is 1. The van der Waals surface area contributed by atoms with Gasteiger partial charge in [0.15, 0.2) is 11.2 Å². The molecule has 1 N–H and O–H groups in total. The van der Waals surface area contributed by atoms with Gasteiger partial charge < -0.3 is 9.72 Å². The molecule has 0 aromatic carbocycles. The molecule has 0 bridgehead atoms. The number of aromatic nitrogens is 4. The molecular weight excluding hydrogens is 232 g/mol. The summed E-state index contributed by atoms with van der Waals surface area (Å²) in [6.07, 6.45) is 6.60. The monoisotopic (exact) mass is 246 g/mol. The number of methoxy groups -OCH3 is 1. The number of rotatable bonds is 2. The number of ether oxygens (including phenoxy) is 1. The van der Waals surface area contributed by atoms with Crippen LogP contribution in [0.25, 0.3) is 16.9 Å².